The Morgan fingerprint density at radius 2 is 1.31 bits per heavy atom. The van der Waals surface area contributed by atoms with E-state index < -0.39 is 18.4 Å². The maximum atomic E-state index is 6.38. The van der Waals surface area contributed by atoms with E-state index >= 15 is 0 Å². The summed E-state index contributed by atoms with van der Waals surface area (Å²) >= 11 is 4.21. The second-order valence-electron chi connectivity index (χ2n) is 9.35. The fourth-order valence-corrected chi connectivity index (χ4v) is 20.7. The zero-order chi connectivity index (χ0) is 19.6. The molecule has 0 fully saturated rings. The summed E-state index contributed by atoms with van der Waals surface area (Å²) in [6.45, 7) is 8.16. The molecule has 1 aromatic rings. The number of quaternary nitrogens is 1. The van der Waals surface area contributed by atoms with Crippen LogP contribution in [0, 0.1) is 0 Å². The molecule has 0 heterocycles. The normalized spacial score (nSPS) is 12.6. The summed E-state index contributed by atoms with van der Waals surface area (Å²) in [5.74, 6) is 0. The zero-order valence-corrected chi connectivity index (χ0v) is 21.9. The average Bonchev–Trinajstić information content (AvgIpc) is 2.57. The number of halogens is 1. The Morgan fingerprint density at radius 3 is 1.73 bits per heavy atom. The van der Waals surface area contributed by atoms with Crippen molar-refractivity contribution in [1.29, 1.82) is 0 Å². The quantitative estimate of drug-likeness (QED) is 0.200. The van der Waals surface area contributed by atoms with Crippen LogP contribution >= 0.6 is 11.6 Å². The summed E-state index contributed by atoms with van der Waals surface area (Å²) in [5.41, 5.74) is 3.12. The van der Waals surface area contributed by atoms with Crippen molar-refractivity contribution in [3.05, 3.63) is 34.3 Å². The van der Waals surface area contributed by atoms with Gasteiger partial charge < -0.3 is 0 Å². The molecule has 0 amide bonds. The van der Waals surface area contributed by atoms with Gasteiger partial charge in [-0.05, 0) is 0 Å². The van der Waals surface area contributed by atoms with E-state index in [1.54, 1.807) is 18.9 Å². The predicted molar refractivity (Wildman–Crippen MR) is 122 cm³/mol. The molecule has 1 rings (SSSR count). The SMILES string of the molecule is CCC[CH2][Sn]([CH2]CCC)([CH2]CCC)[CH2]c1ccc(Cl)cc1C[N+](C)(C)C. The van der Waals surface area contributed by atoms with Gasteiger partial charge in [-0.1, -0.05) is 0 Å². The van der Waals surface area contributed by atoms with Gasteiger partial charge in [0.2, 0.25) is 0 Å². The van der Waals surface area contributed by atoms with Gasteiger partial charge in [-0.15, -0.1) is 0 Å². The van der Waals surface area contributed by atoms with Gasteiger partial charge in [0.25, 0.3) is 0 Å². The van der Waals surface area contributed by atoms with E-state index in [9.17, 15) is 0 Å². The number of benzene rings is 1. The second kappa shape index (κ2) is 12.0. The first kappa shape index (κ1) is 24.3. The van der Waals surface area contributed by atoms with E-state index in [2.05, 4.69) is 60.1 Å². The fourth-order valence-electron chi connectivity index (χ4n) is 4.12. The Morgan fingerprint density at radius 1 is 0.808 bits per heavy atom. The van der Waals surface area contributed by atoms with Gasteiger partial charge in [-0.3, -0.25) is 0 Å². The Bertz CT molecular complexity index is 500. The molecule has 0 N–H and O–H groups in total. The monoisotopic (exact) mass is 488 g/mol. The molecular weight excluding hydrogens is 444 g/mol. The minimum atomic E-state index is -2.16. The number of nitrogens with zero attached hydrogens (tertiary/aromatic N) is 1. The van der Waals surface area contributed by atoms with Gasteiger partial charge in [-0.2, -0.15) is 0 Å². The van der Waals surface area contributed by atoms with E-state index in [4.69, 9.17) is 11.6 Å². The van der Waals surface area contributed by atoms with Gasteiger partial charge in [-0.25, -0.2) is 0 Å². The van der Waals surface area contributed by atoms with E-state index in [0.29, 0.717) is 0 Å². The van der Waals surface area contributed by atoms with Crippen molar-refractivity contribution in [2.45, 2.75) is 83.6 Å². The molecule has 0 saturated heterocycles. The molecule has 0 saturated carbocycles. The van der Waals surface area contributed by atoms with Crippen molar-refractivity contribution in [1.82, 2.24) is 0 Å². The van der Waals surface area contributed by atoms with Crippen LogP contribution in [0.25, 0.3) is 0 Å². The molecule has 0 spiro atoms. The molecule has 0 bridgehead atoms. The van der Waals surface area contributed by atoms with Crippen LogP contribution in [0.2, 0.25) is 18.3 Å². The van der Waals surface area contributed by atoms with Gasteiger partial charge in [0, 0.05) is 0 Å². The average molecular weight is 488 g/mol. The Kier molecular flexibility index (Phi) is 11.2. The molecule has 0 radical (unpaired) electrons. The molecular formula is C23H43ClNSn+. The third-order valence-electron chi connectivity index (χ3n) is 5.56. The molecule has 0 aliphatic carbocycles. The number of rotatable bonds is 13. The van der Waals surface area contributed by atoms with Crippen LogP contribution < -0.4 is 0 Å². The molecule has 0 aliphatic rings. The Labute approximate surface area is 173 Å². The minimum absolute atomic E-state index is 0.897. The number of hydrogen-bond donors (Lipinski definition) is 0. The van der Waals surface area contributed by atoms with Crippen LogP contribution in [0.5, 0.6) is 0 Å². The van der Waals surface area contributed by atoms with Crippen LogP contribution in [0.1, 0.15) is 70.4 Å². The summed E-state index contributed by atoms with van der Waals surface area (Å²) in [6, 6.07) is 6.74. The third-order valence-corrected chi connectivity index (χ3v) is 21.1. The Hall–Kier alpha value is 0.269. The summed E-state index contributed by atoms with van der Waals surface area (Å²) < 4.78 is 7.14. The summed E-state index contributed by atoms with van der Waals surface area (Å²) in [7, 11) is 6.85. The van der Waals surface area contributed by atoms with Crippen LogP contribution in [0.15, 0.2) is 18.2 Å². The molecule has 3 heteroatoms. The first-order chi connectivity index (χ1) is 12.2. The predicted octanol–water partition coefficient (Wildman–Crippen LogP) is 7.48. The van der Waals surface area contributed by atoms with Crippen LogP contribution in [-0.4, -0.2) is 44.0 Å². The first-order valence-electron chi connectivity index (χ1n) is 10.8. The van der Waals surface area contributed by atoms with E-state index in [1.165, 1.54) is 48.5 Å². The molecule has 1 aromatic carbocycles. The van der Waals surface area contributed by atoms with Crippen LogP contribution in [0.3, 0.4) is 0 Å². The van der Waals surface area contributed by atoms with E-state index in [1.807, 2.05) is 0 Å². The zero-order valence-electron chi connectivity index (χ0n) is 18.3. The van der Waals surface area contributed by atoms with Gasteiger partial charge in [0.1, 0.15) is 0 Å². The third kappa shape index (κ3) is 8.97. The molecule has 150 valence electrons. The molecule has 0 aliphatic heterocycles. The summed E-state index contributed by atoms with van der Waals surface area (Å²) in [5, 5.41) is 0.897. The van der Waals surface area contributed by atoms with Crippen LogP contribution in [0.4, 0.5) is 0 Å². The molecule has 0 atom stereocenters. The van der Waals surface area contributed by atoms with Gasteiger partial charge in [0.05, 0.1) is 0 Å². The van der Waals surface area contributed by atoms with E-state index in [-0.39, 0.29) is 0 Å². The van der Waals surface area contributed by atoms with E-state index in [0.717, 1.165) is 16.1 Å². The molecule has 1 nitrogen and oxygen atoms in total. The van der Waals surface area contributed by atoms with Crippen molar-refractivity contribution in [3.8, 4) is 0 Å². The second-order valence-corrected chi connectivity index (χ2v) is 23.6. The summed E-state index contributed by atoms with van der Waals surface area (Å²) in [4.78, 5) is 0. The van der Waals surface area contributed by atoms with Crippen molar-refractivity contribution in [2.24, 2.45) is 0 Å². The standard InChI is InChI=1S/C11H16ClN.3C4H9.Sn/c1-9-5-6-11(12)7-10(9)8-13(2,3)4;3*1-3-4-2;/h5-7H,1,8H2,2-4H3;3*1,3-4H2,2H3;/q+1;;;;. The summed E-state index contributed by atoms with van der Waals surface area (Å²) in [6.07, 6.45) is 8.39. The molecule has 0 unspecified atom stereocenters. The Balaban J connectivity index is 3.17. The number of hydrogen-bond acceptors (Lipinski definition) is 0. The topological polar surface area (TPSA) is 0 Å². The van der Waals surface area contributed by atoms with Gasteiger partial charge >= 0.3 is 174 Å². The van der Waals surface area contributed by atoms with Crippen molar-refractivity contribution >= 4 is 30.0 Å². The molecule has 26 heavy (non-hydrogen) atoms. The van der Waals surface area contributed by atoms with Crippen molar-refractivity contribution in [2.75, 3.05) is 21.1 Å². The maximum absolute atomic E-state index is 6.38. The fraction of sp³-hybridized carbons (Fsp3) is 0.739. The van der Waals surface area contributed by atoms with Gasteiger partial charge in [0.15, 0.2) is 0 Å². The van der Waals surface area contributed by atoms with Crippen LogP contribution in [-0.2, 0) is 11.0 Å². The molecule has 0 aromatic heterocycles. The number of unbranched alkanes of at least 4 members (excludes halogenated alkanes) is 3. The van der Waals surface area contributed by atoms with Crippen molar-refractivity contribution in [3.63, 3.8) is 0 Å². The van der Waals surface area contributed by atoms with Crippen molar-refractivity contribution < 1.29 is 4.48 Å². The first-order valence-corrected chi connectivity index (χ1v) is 19.3.